The zero-order valence-electron chi connectivity index (χ0n) is 18.9. The molecule has 0 heterocycles. The number of amides is 1. The van der Waals surface area contributed by atoms with Crippen LogP contribution in [0.15, 0.2) is 77.7 Å². The van der Waals surface area contributed by atoms with Crippen molar-refractivity contribution in [2.24, 2.45) is 0 Å². The van der Waals surface area contributed by atoms with E-state index < -0.39 is 22.0 Å². The van der Waals surface area contributed by atoms with Gasteiger partial charge in [0.2, 0.25) is 15.9 Å². The van der Waals surface area contributed by atoms with Crippen molar-refractivity contribution in [2.45, 2.75) is 31.2 Å². The first-order valence-electron chi connectivity index (χ1n) is 10.6. The third-order valence-corrected chi connectivity index (χ3v) is 6.48. The molecule has 8 heteroatoms. The van der Waals surface area contributed by atoms with Gasteiger partial charge in [0.25, 0.3) is 0 Å². The van der Waals surface area contributed by atoms with Crippen molar-refractivity contribution in [3.63, 3.8) is 0 Å². The Morgan fingerprint density at radius 1 is 1.00 bits per heavy atom. The van der Waals surface area contributed by atoms with Crippen LogP contribution in [0.4, 0.5) is 5.69 Å². The summed E-state index contributed by atoms with van der Waals surface area (Å²) in [6, 6.07) is 19.7. The maximum atomic E-state index is 13.1. The Morgan fingerprint density at radius 3 is 2.30 bits per heavy atom. The first-order chi connectivity index (χ1) is 15.8. The quantitative estimate of drug-likeness (QED) is 0.470. The number of methoxy groups -OCH3 is 1. The van der Waals surface area contributed by atoms with Crippen LogP contribution < -0.4 is 19.5 Å². The van der Waals surface area contributed by atoms with Crippen LogP contribution in [-0.4, -0.2) is 34.1 Å². The summed E-state index contributed by atoms with van der Waals surface area (Å²) in [6.07, 6.45) is 0.193. The van der Waals surface area contributed by atoms with Gasteiger partial charge in [0.1, 0.15) is 17.5 Å². The molecule has 0 fully saturated rings. The molecule has 0 saturated heterocycles. The molecule has 3 aromatic rings. The smallest absolute Gasteiger partial charge is 0.242 e. The van der Waals surface area contributed by atoms with Crippen molar-refractivity contribution < 1.29 is 22.7 Å². The second-order valence-corrected chi connectivity index (χ2v) is 9.16. The van der Waals surface area contributed by atoms with E-state index in [1.807, 2.05) is 37.3 Å². The van der Waals surface area contributed by atoms with E-state index in [0.717, 1.165) is 5.56 Å². The highest BCUT2D eigenvalue weighted by molar-refractivity contribution is 7.89. The number of carbonyl (C=O) groups excluding carboxylic acids is 1. The molecular weight excluding hydrogens is 440 g/mol. The van der Waals surface area contributed by atoms with Gasteiger partial charge >= 0.3 is 0 Å². The van der Waals surface area contributed by atoms with Gasteiger partial charge in [-0.3, -0.25) is 4.79 Å². The van der Waals surface area contributed by atoms with Crippen LogP contribution in [0.3, 0.4) is 0 Å². The van der Waals surface area contributed by atoms with Crippen molar-refractivity contribution in [3.05, 3.63) is 83.9 Å². The average molecular weight is 469 g/mol. The SMILES string of the molecule is CCOc1ccc(S(=O)(=O)N[C@H](Cc2ccccc2)C(=O)Nc2ccc(OC)cc2)cc1C. The fourth-order valence-corrected chi connectivity index (χ4v) is 4.58. The largest absolute Gasteiger partial charge is 0.497 e. The molecule has 3 aromatic carbocycles. The number of nitrogens with one attached hydrogen (secondary N) is 2. The average Bonchev–Trinajstić information content (AvgIpc) is 2.81. The normalized spacial score (nSPS) is 12.1. The van der Waals surface area contributed by atoms with Gasteiger partial charge in [-0.05, 0) is 73.9 Å². The zero-order valence-corrected chi connectivity index (χ0v) is 19.7. The van der Waals surface area contributed by atoms with E-state index in [0.29, 0.717) is 29.4 Å². The number of rotatable bonds is 10. The molecule has 0 aromatic heterocycles. The van der Waals surface area contributed by atoms with Crippen LogP contribution in [0.1, 0.15) is 18.1 Å². The van der Waals surface area contributed by atoms with Gasteiger partial charge in [-0.25, -0.2) is 8.42 Å². The summed E-state index contributed by atoms with van der Waals surface area (Å²) in [5.74, 6) is 0.810. The first kappa shape index (κ1) is 24.3. The van der Waals surface area contributed by atoms with Gasteiger partial charge in [-0.15, -0.1) is 0 Å². The third-order valence-electron chi connectivity index (χ3n) is 5.01. The minimum absolute atomic E-state index is 0.0683. The summed E-state index contributed by atoms with van der Waals surface area (Å²) in [4.78, 5) is 13.2. The number of carbonyl (C=O) groups is 1. The molecule has 2 N–H and O–H groups in total. The number of anilines is 1. The van der Waals surface area contributed by atoms with Crippen molar-refractivity contribution in [3.8, 4) is 11.5 Å². The Labute approximate surface area is 194 Å². The second-order valence-electron chi connectivity index (χ2n) is 7.44. The molecule has 7 nitrogen and oxygen atoms in total. The third kappa shape index (κ3) is 6.57. The molecule has 3 rings (SSSR count). The highest BCUT2D eigenvalue weighted by Gasteiger charge is 2.26. The summed E-state index contributed by atoms with van der Waals surface area (Å²) in [5.41, 5.74) is 2.06. The van der Waals surface area contributed by atoms with E-state index >= 15 is 0 Å². The Balaban J connectivity index is 1.85. The van der Waals surface area contributed by atoms with E-state index in [1.54, 1.807) is 44.4 Å². The van der Waals surface area contributed by atoms with E-state index in [2.05, 4.69) is 10.0 Å². The molecule has 1 atom stereocenters. The lowest BCUT2D eigenvalue weighted by molar-refractivity contribution is -0.117. The molecule has 174 valence electrons. The second kappa shape index (κ2) is 11.0. The summed E-state index contributed by atoms with van der Waals surface area (Å²) in [7, 11) is -2.41. The standard InChI is InChI=1S/C25H28N2O5S/c1-4-32-24-15-14-22(16-18(24)2)33(29,30)27-23(17-19-8-6-5-7-9-19)25(28)26-20-10-12-21(31-3)13-11-20/h5-16,23,27H,4,17H2,1-3H3,(H,26,28)/t23-/m1/s1. The number of hydrogen-bond donors (Lipinski definition) is 2. The van der Waals surface area contributed by atoms with Gasteiger partial charge in [0.05, 0.1) is 18.6 Å². The van der Waals surface area contributed by atoms with Crippen LogP contribution in [0, 0.1) is 6.92 Å². The fourth-order valence-electron chi connectivity index (χ4n) is 3.30. The molecule has 0 spiro atoms. The van der Waals surface area contributed by atoms with Gasteiger partial charge < -0.3 is 14.8 Å². The highest BCUT2D eigenvalue weighted by atomic mass is 32.2. The van der Waals surface area contributed by atoms with Crippen molar-refractivity contribution in [1.82, 2.24) is 4.72 Å². The predicted molar refractivity (Wildman–Crippen MR) is 128 cm³/mol. The Hall–Kier alpha value is -3.36. The highest BCUT2D eigenvalue weighted by Crippen LogP contribution is 2.22. The zero-order chi connectivity index (χ0) is 23.8. The first-order valence-corrected chi connectivity index (χ1v) is 12.1. The molecule has 0 bridgehead atoms. The monoisotopic (exact) mass is 468 g/mol. The lowest BCUT2D eigenvalue weighted by Crippen LogP contribution is -2.45. The Bertz CT molecular complexity index is 1180. The van der Waals surface area contributed by atoms with Crippen molar-refractivity contribution in [2.75, 3.05) is 19.0 Å². The molecule has 33 heavy (non-hydrogen) atoms. The van der Waals surface area contributed by atoms with Crippen LogP contribution in [0.25, 0.3) is 0 Å². The van der Waals surface area contributed by atoms with Crippen LogP contribution >= 0.6 is 0 Å². The molecule has 0 aliphatic rings. The van der Waals surface area contributed by atoms with E-state index in [-0.39, 0.29) is 11.3 Å². The number of hydrogen-bond acceptors (Lipinski definition) is 5. The Morgan fingerprint density at radius 2 is 1.70 bits per heavy atom. The number of aryl methyl sites for hydroxylation is 1. The summed E-state index contributed by atoms with van der Waals surface area (Å²) < 4.78 is 39.5. The van der Waals surface area contributed by atoms with E-state index in [1.165, 1.54) is 12.1 Å². The molecule has 0 radical (unpaired) electrons. The minimum atomic E-state index is -3.97. The molecule has 0 saturated carbocycles. The van der Waals surface area contributed by atoms with E-state index in [4.69, 9.17) is 9.47 Å². The lowest BCUT2D eigenvalue weighted by atomic mass is 10.1. The van der Waals surface area contributed by atoms with Gasteiger partial charge in [0.15, 0.2) is 0 Å². The lowest BCUT2D eigenvalue weighted by Gasteiger charge is -2.19. The summed E-state index contributed by atoms with van der Waals surface area (Å²) in [6.45, 7) is 4.12. The molecule has 0 aliphatic heterocycles. The topological polar surface area (TPSA) is 93.7 Å². The molecular formula is C25H28N2O5S. The maximum Gasteiger partial charge on any atom is 0.242 e. The van der Waals surface area contributed by atoms with Crippen molar-refractivity contribution >= 4 is 21.6 Å². The van der Waals surface area contributed by atoms with E-state index in [9.17, 15) is 13.2 Å². The van der Waals surface area contributed by atoms with Crippen LogP contribution in [-0.2, 0) is 21.2 Å². The number of sulfonamides is 1. The van der Waals surface area contributed by atoms with Gasteiger partial charge in [0, 0.05) is 5.69 Å². The fraction of sp³-hybridized carbons (Fsp3) is 0.240. The number of ether oxygens (including phenoxy) is 2. The maximum absolute atomic E-state index is 13.1. The minimum Gasteiger partial charge on any atom is -0.497 e. The molecule has 1 amide bonds. The summed E-state index contributed by atoms with van der Waals surface area (Å²) >= 11 is 0. The van der Waals surface area contributed by atoms with Gasteiger partial charge in [-0.1, -0.05) is 30.3 Å². The molecule has 0 unspecified atom stereocenters. The number of benzene rings is 3. The Kier molecular flexibility index (Phi) is 8.08. The van der Waals surface area contributed by atoms with Crippen molar-refractivity contribution in [1.29, 1.82) is 0 Å². The summed E-state index contributed by atoms with van der Waals surface area (Å²) in [5, 5.41) is 2.78. The molecule has 0 aliphatic carbocycles. The van der Waals surface area contributed by atoms with Crippen LogP contribution in [0.2, 0.25) is 0 Å². The van der Waals surface area contributed by atoms with Crippen LogP contribution in [0.5, 0.6) is 11.5 Å². The van der Waals surface area contributed by atoms with Gasteiger partial charge in [-0.2, -0.15) is 4.72 Å². The predicted octanol–water partition coefficient (Wildman–Crippen LogP) is 3.93.